The number of thiazole rings is 1. The van der Waals surface area contributed by atoms with E-state index >= 15 is 0 Å². The normalized spacial score (nSPS) is 17.8. The van der Waals surface area contributed by atoms with Gasteiger partial charge in [0.05, 0.1) is 18.7 Å². The van der Waals surface area contributed by atoms with Crippen LogP contribution in [0.4, 0.5) is 0 Å². The van der Waals surface area contributed by atoms with E-state index < -0.39 is 0 Å². The standard InChI is InChI=1S/C16H18N2O2S/c19-15(17-9-12-6-7-20-10-12)8-14-11-21-16(18-14)13-4-2-1-3-5-13/h1-5,11-12H,6-10H2,(H,17,19)/t12-/m0/s1. The number of ether oxygens (including phenoxy) is 1. The SMILES string of the molecule is O=C(Cc1csc(-c2ccccc2)n1)NC[C@@H]1CCOC1. The Morgan fingerprint density at radius 3 is 3.00 bits per heavy atom. The van der Waals surface area contributed by atoms with Crippen LogP contribution in [0.5, 0.6) is 0 Å². The topological polar surface area (TPSA) is 51.2 Å². The van der Waals surface area contributed by atoms with Gasteiger partial charge in [-0.2, -0.15) is 0 Å². The van der Waals surface area contributed by atoms with Gasteiger partial charge in [-0.15, -0.1) is 11.3 Å². The van der Waals surface area contributed by atoms with E-state index in [1.54, 1.807) is 11.3 Å². The van der Waals surface area contributed by atoms with E-state index in [4.69, 9.17) is 4.74 Å². The number of rotatable bonds is 5. The first-order valence-corrected chi connectivity index (χ1v) is 8.03. The fraction of sp³-hybridized carbons (Fsp3) is 0.375. The third kappa shape index (κ3) is 3.89. The highest BCUT2D eigenvalue weighted by molar-refractivity contribution is 7.13. The second-order valence-electron chi connectivity index (χ2n) is 5.22. The summed E-state index contributed by atoms with van der Waals surface area (Å²) in [5.41, 5.74) is 1.93. The molecule has 3 rings (SSSR count). The molecule has 5 heteroatoms. The van der Waals surface area contributed by atoms with Crippen molar-refractivity contribution in [3.8, 4) is 10.6 Å². The summed E-state index contributed by atoms with van der Waals surface area (Å²) >= 11 is 1.58. The molecule has 1 amide bonds. The van der Waals surface area contributed by atoms with Crippen LogP contribution < -0.4 is 5.32 Å². The van der Waals surface area contributed by atoms with Crippen molar-refractivity contribution in [3.63, 3.8) is 0 Å². The molecule has 0 saturated carbocycles. The maximum Gasteiger partial charge on any atom is 0.226 e. The first-order valence-electron chi connectivity index (χ1n) is 7.15. The summed E-state index contributed by atoms with van der Waals surface area (Å²) in [6, 6.07) is 10.0. The number of aromatic nitrogens is 1. The average molecular weight is 302 g/mol. The van der Waals surface area contributed by atoms with Gasteiger partial charge in [0.2, 0.25) is 5.91 Å². The lowest BCUT2D eigenvalue weighted by Gasteiger charge is -2.08. The smallest absolute Gasteiger partial charge is 0.226 e. The zero-order valence-corrected chi connectivity index (χ0v) is 12.6. The highest BCUT2D eigenvalue weighted by Gasteiger charge is 2.16. The fourth-order valence-corrected chi connectivity index (χ4v) is 3.16. The number of benzene rings is 1. The molecule has 21 heavy (non-hydrogen) atoms. The second kappa shape index (κ2) is 6.83. The van der Waals surface area contributed by atoms with Crippen molar-refractivity contribution in [2.75, 3.05) is 19.8 Å². The number of hydrogen-bond acceptors (Lipinski definition) is 4. The van der Waals surface area contributed by atoms with Gasteiger partial charge in [0.1, 0.15) is 5.01 Å². The Morgan fingerprint density at radius 1 is 1.38 bits per heavy atom. The van der Waals surface area contributed by atoms with Crippen molar-refractivity contribution in [2.45, 2.75) is 12.8 Å². The van der Waals surface area contributed by atoms with E-state index in [1.165, 1.54) is 0 Å². The van der Waals surface area contributed by atoms with Gasteiger partial charge in [-0.3, -0.25) is 4.79 Å². The van der Waals surface area contributed by atoms with Crippen LogP contribution in [0.3, 0.4) is 0 Å². The van der Waals surface area contributed by atoms with Gasteiger partial charge in [-0.1, -0.05) is 30.3 Å². The molecule has 4 nitrogen and oxygen atoms in total. The van der Waals surface area contributed by atoms with E-state index in [-0.39, 0.29) is 5.91 Å². The Labute approximate surface area is 128 Å². The molecule has 0 aliphatic carbocycles. The highest BCUT2D eigenvalue weighted by atomic mass is 32.1. The van der Waals surface area contributed by atoms with Gasteiger partial charge in [-0.05, 0) is 6.42 Å². The number of hydrogen-bond donors (Lipinski definition) is 1. The predicted octanol–water partition coefficient (Wildman–Crippen LogP) is 2.51. The van der Waals surface area contributed by atoms with Crippen LogP contribution in [0.2, 0.25) is 0 Å². The summed E-state index contributed by atoms with van der Waals surface area (Å²) in [4.78, 5) is 16.5. The van der Waals surface area contributed by atoms with E-state index in [9.17, 15) is 4.79 Å². The van der Waals surface area contributed by atoms with Gasteiger partial charge in [0, 0.05) is 30.0 Å². The monoisotopic (exact) mass is 302 g/mol. The van der Waals surface area contributed by atoms with Gasteiger partial charge in [0.25, 0.3) is 0 Å². The fourth-order valence-electron chi connectivity index (χ4n) is 2.33. The molecule has 110 valence electrons. The van der Waals surface area contributed by atoms with E-state index in [2.05, 4.69) is 10.3 Å². The number of carbonyl (C=O) groups is 1. The molecule has 1 aromatic heterocycles. The van der Waals surface area contributed by atoms with Crippen molar-refractivity contribution < 1.29 is 9.53 Å². The van der Waals surface area contributed by atoms with Crippen LogP contribution >= 0.6 is 11.3 Å². The minimum Gasteiger partial charge on any atom is -0.381 e. The van der Waals surface area contributed by atoms with Crippen LogP contribution in [0.15, 0.2) is 35.7 Å². The van der Waals surface area contributed by atoms with Gasteiger partial charge in [0.15, 0.2) is 0 Å². The van der Waals surface area contributed by atoms with Crippen molar-refractivity contribution >= 4 is 17.2 Å². The lowest BCUT2D eigenvalue weighted by molar-refractivity contribution is -0.120. The van der Waals surface area contributed by atoms with Crippen molar-refractivity contribution in [1.29, 1.82) is 0 Å². The van der Waals surface area contributed by atoms with Gasteiger partial charge in [-0.25, -0.2) is 4.98 Å². The molecule has 1 saturated heterocycles. The maximum atomic E-state index is 11.9. The number of nitrogens with one attached hydrogen (secondary N) is 1. The Bertz CT molecular complexity index is 591. The second-order valence-corrected chi connectivity index (χ2v) is 6.08. The number of carbonyl (C=O) groups excluding carboxylic acids is 1. The molecule has 0 unspecified atom stereocenters. The lowest BCUT2D eigenvalue weighted by atomic mass is 10.1. The maximum absolute atomic E-state index is 11.9. The van der Waals surface area contributed by atoms with Gasteiger partial charge < -0.3 is 10.1 Å². The van der Waals surface area contributed by atoms with Crippen LogP contribution in [0.25, 0.3) is 10.6 Å². The number of nitrogens with zero attached hydrogens (tertiary/aromatic N) is 1. The van der Waals surface area contributed by atoms with Crippen LogP contribution in [-0.2, 0) is 16.0 Å². The summed E-state index contributed by atoms with van der Waals surface area (Å²) in [6.07, 6.45) is 1.38. The Hall–Kier alpha value is -1.72. The lowest BCUT2D eigenvalue weighted by Crippen LogP contribution is -2.30. The molecule has 2 heterocycles. The van der Waals surface area contributed by atoms with E-state index in [0.717, 1.165) is 35.9 Å². The molecule has 0 radical (unpaired) electrons. The molecule has 0 bridgehead atoms. The molecule has 2 aromatic rings. The highest BCUT2D eigenvalue weighted by Crippen LogP contribution is 2.23. The molecule has 1 aromatic carbocycles. The molecule has 1 aliphatic heterocycles. The minimum atomic E-state index is 0.0341. The predicted molar refractivity (Wildman–Crippen MR) is 83.2 cm³/mol. The van der Waals surface area contributed by atoms with Crippen molar-refractivity contribution in [2.24, 2.45) is 5.92 Å². The summed E-state index contributed by atoms with van der Waals surface area (Å²) in [7, 11) is 0. The Morgan fingerprint density at radius 2 is 2.24 bits per heavy atom. The third-order valence-electron chi connectivity index (χ3n) is 3.53. The van der Waals surface area contributed by atoms with Crippen molar-refractivity contribution in [1.82, 2.24) is 10.3 Å². The van der Waals surface area contributed by atoms with Crippen LogP contribution in [0, 0.1) is 5.92 Å². The molecule has 1 fully saturated rings. The molecule has 1 N–H and O–H groups in total. The quantitative estimate of drug-likeness (QED) is 0.923. The summed E-state index contributed by atoms with van der Waals surface area (Å²) in [5.74, 6) is 0.496. The average Bonchev–Trinajstić information content (AvgIpc) is 3.17. The number of amides is 1. The molecular formula is C16H18N2O2S. The van der Waals surface area contributed by atoms with E-state index in [0.29, 0.717) is 18.9 Å². The van der Waals surface area contributed by atoms with Crippen LogP contribution in [-0.4, -0.2) is 30.6 Å². The summed E-state index contributed by atoms with van der Waals surface area (Å²) in [5, 5.41) is 5.89. The first kappa shape index (κ1) is 14.2. The van der Waals surface area contributed by atoms with Crippen molar-refractivity contribution in [3.05, 3.63) is 41.4 Å². The summed E-state index contributed by atoms with van der Waals surface area (Å²) in [6.45, 7) is 2.27. The van der Waals surface area contributed by atoms with Crippen LogP contribution in [0.1, 0.15) is 12.1 Å². The van der Waals surface area contributed by atoms with E-state index in [1.807, 2.05) is 35.7 Å². The minimum absolute atomic E-state index is 0.0341. The molecular weight excluding hydrogens is 284 g/mol. The van der Waals surface area contributed by atoms with Gasteiger partial charge >= 0.3 is 0 Å². The Balaban J connectivity index is 1.53. The molecule has 0 spiro atoms. The zero-order chi connectivity index (χ0) is 14.5. The third-order valence-corrected chi connectivity index (χ3v) is 4.47. The largest absolute Gasteiger partial charge is 0.381 e. The zero-order valence-electron chi connectivity index (χ0n) is 11.7. The molecule has 1 aliphatic rings. The molecule has 1 atom stereocenters. The first-order chi connectivity index (χ1) is 10.3. The summed E-state index contributed by atoms with van der Waals surface area (Å²) < 4.78 is 5.30. The Kier molecular flexibility index (Phi) is 4.62.